The number of hydrogen-bond acceptors (Lipinski definition) is 7. The lowest BCUT2D eigenvalue weighted by molar-refractivity contribution is 0.0727. The Morgan fingerprint density at radius 3 is 2.71 bits per heavy atom. The molecule has 0 spiro atoms. The Morgan fingerprint density at radius 1 is 1.11 bits per heavy atom. The highest BCUT2D eigenvalue weighted by molar-refractivity contribution is 7.14. The number of nitrogens with one attached hydrogen (secondary N) is 1. The molecular weight excluding hydrogens is 505 g/mol. The van der Waals surface area contributed by atoms with E-state index in [0.29, 0.717) is 38.8 Å². The molecule has 1 aromatic heterocycles. The van der Waals surface area contributed by atoms with Gasteiger partial charge in [-0.05, 0) is 67.4 Å². The van der Waals surface area contributed by atoms with Gasteiger partial charge in [-0.15, -0.1) is 11.3 Å². The Morgan fingerprint density at radius 2 is 1.94 bits per heavy atom. The summed E-state index contributed by atoms with van der Waals surface area (Å²) in [5.41, 5.74) is 6.55. The van der Waals surface area contributed by atoms with Crippen LogP contribution in [0.1, 0.15) is 28.4 Å². The van der Waals surface area contributed by atoms with Gasteiger partial charge in [0.15, 0.2) is 11.5 Å². The summed E-state index contributed by atoms with van der Waals surface area (Å²) < 4.78 is 11.3. The highest BCUT2D eigenvalue weighted by atomic mass is 35.5. The molecule has 9 heteroatoms. The van der Waals surface area contributed by atoms with Crippen molar-refractivity contribution in [3.05, 3.63) is 92.8 Å². The molecule has 0 saturated heterocycles. The Hall–Kier alpha value is -3.39. The molecule has 0 amide bonds. The Labute approximate surface area is 217 Å². The van der Waals surface area contributed by atoms with E-state index in [4.69, 9.17) is 32.7 Å². The number of halogens is 2. The minimum atomic E-state index is -0.437. The minimum Gasteiger partial charge on any atom is -0.490 e. The molecule has 178 valence electrons. The number of ether oxygens (including phenoxy) is 2. The van der Waals surface area contributed by atoms with Crippen molar-refractivity contribution in [2.24, 2.45) is 5.10 Å². The number of hydrazone groups is 1. The highest BCUT2D eigenvalue weighted by Crippen LogP contribution is 2.32. The first-order valence-corrected chi connectivity index (χ1v) is 12.3. The lowest BCUT2D eigenvalue weighted by atomic mass is 10.1. The minimum absolute atomic E-state index is 0.342. The molecule has 35 heavy (non-hydrogen) atoms. The molecule has 4 rings (SSSR count). The zero-order valence-electron chi connectivity index (χ0n) is 18.9. The number of rotatable bonds is 8. The van der Waals surface area contributed by atoms with Crippen molar-refractivity contribution in [3.8, 4) is 22.8 Å². The fourth-order valence-electron chi connectivity index (χ4n) is 3.22. The maximum atomic E-state index is 12.6. The van der Waals surface area contributed by atoms with E-state index in [1.54, 1.807) is 48.7 Å². The third kappa shape index (κ3) is 6.19. The van der Waals surface area contributed by atoms with Gasteiger partial charge >= 0.3 is 5.97 Å². The quantitative estimate of drug-likeness (QED) is 0.111. The summed E-state index contributed by atoms with van der Waals surface area (Å²) >= 11 is 13.6. The smallest absolute Gasteiger partial charge is 0.343 e. The Kier molecular flexibility index (Phi) is 8.02. The number of nitrogens with zero attached hydrogens (tertiary/aromatic N) is 2. The predicted molar refractivity (Wildman–Crippen MR) is 143 cm³/mol. The van der Waals surface area contributed by atoms with Crippen LogP contribution in [-0.2, 0) is 0 Å². The van der Waals surface area contributed by atoms with Crippen LogP contribution in [0.15, 0.2) is 71.1 Å². The summed E-state index contributed by atoms with van der Waals surface area (Å²) in [5.74, 6) is 0.356. The number of aromatic nitrogens is 1. The molecular formula is C26H21Cl2N3O3S. The molecule has 0 atom stereocenters. The standard InChI is InChI=1S/C26H21Cl2N3O3S/c1-3-33-24-12-17(8-11-23(24)34-25(32)19-7-5-4-6-16(19)2)14-29-31-26-30-22(15-35-26)20-10-9-18(27)13-21(20)28/h4-15H,3H2,1-2H3,(H,30,31)/b29-14+. The zero-order valence-corrected chi connectivity index (χ0v) is 21.2. The number of thiazole rings is 1. The molecule has 3 aromatic carbocycles. The maximum Gasteiger partial charge on any atom is 0.343 e. The third-order valence-electron chi connectivity index (χ3n) is 4.92. The van der Waals surface area contributed by atoms with Gasteiger partial charge in [0.1, 0.15) is 0 Å². The van der Waals surface area contributed by atoms with Crippen molar-refractivity contribution >= 4 is 51.9 Å². The number of aryl methyl sites for hydroxylation is 1. The van der Waals surface area contributed by atoms with E-state index in [9.17, 15) is 4.79 Å². The average Bonchev–Trinajstić information content (AvgIpc) is 3.29. The number of carbonyl (C=O) groups is 1. The molecule has 0 aliphatic carbocycles. The molecule has 0 unspecified atom stereocenters. The fraction of sp³-hybridized carbons (Fsp3) is 0.115. The number of benzene rings is 3. The van der Waals surface area contributed by atoms with E-state index in [-0.39, 0.29) is 0 Å². The van der Waals surface area contributed by atoms with E-state index in [2.05, 4.69) is 15.5 Å². The number of anilines is 1. The SMILES string of the molecule is CCOc1cc(/C=N/Nc2nc(-c3ccc(Cl)cc3Cl)cs2)ccc1OC(=O)c1ccccc1C. The summed E-state index contributed by atoms with van der Waals surface area (Å²) in [6.45, 7) is 4.15. The number of hydrogen-bond donors (Lipinski definition) is 1. The van der Waals surface area contributed by atoms with Crippen molar-refractivity contribution in [1.82, 2.24) is 4.98 Å². The molecule has 1 heterocycles. The normalized spacial score (nSPS) is 11.0. The molecule has 0 fully saturated rings. The van der Waals surface area contributed by atoms with Crippen LogP contribution in [0.2, 0.25) is 10.0 Å². The molecule has 6 nitrogen and oxygen atoms in total. The second-order valence-corrected chi connectivity index (χ2v) is 9.08. The summed E-state index contributed by atoms with van der Waals surface area (Å²) in [6, 6.07) is 17.8. The monoisotopic (exact) mass is 525 g/mol. The Bertz CT molecular complexity index is 1390. The van der Waals surface area contributed by atoms with Crippen LogP contribution in [0.4, 0.5) is 5.13 Å². The second-order valence-electron chi connectivity index (χ2n) is 7.38. The molecule has 0 saturated carbocycles. The molecule has 0 radical (unpaired) electrons. The van der Waals surface area contributed by atoms with Crippen molar-refractivity contribution in [3.63, 3.8) is 0 Å². The van der Waals surface area contributed by atoms with Crippen LogP contribution in [0.3, 0.4) is 0 Å². The number of carbonyl (C=O) groups excluding carboxylic acids is 1. The molecule has 0 bridgehead atoms. The van der Waals surface area contributed by atoms with Gasteiger partial charge in [-0.2, -0.15) is 5.10 Å². The summed E-state index contributed by atoms with van der Waals surface area (Å²) in [4.78, 5) is 17.1. The first kappa shape index (κ1) is 24.7. The van der Waals surface area contributed by atoms with E-state index >= 15 is 0 Å². The first-order chi connectivity index (χ1) is 16.9. The Balaban J connectivity index is 1.45. The van der Waals surface area contributed by atoms with Crippen molar-refractivity contribution in [2.75, 3.05) is 12.0 Å². The summed E-state index contributed by atoms with van der Waals surface area (Å²) in [5, 5.41) is 7.86. The summed E-state index contributed by atoms with van der Waals surface area (Å²) in [6.07, 6.45) is 1.63. The third-order valence-corrected chi connectivity index (χ3v) is 6.22. The van der Waals surface area contributed by atoms with Crippen LogP contribution in [0.25, 0.3) is 11.3 Å². The fourth-order valence-corrected chi connectivity index (χ4v) is 4.39. The average molecular weight is 526 g/mol. The van der Waals surface area contributed by atoms with Crippen molar-refractivity contribution in [1.29, 1.82) is 0 Å². The van der Waals surface area contributed by atoms with E-state index in [1.165, 1.54) is 11.3 Å². The van der Waals surface area contributed by atoms with Crippen LogP contribution in [0.5, 0.6) is 11.5 Å². The molecule has 1 N–H and O–H groups in total. The van der Waals surface area contributed by atoms with Crippen LogP contribution < -0.4 is 14.9 Å². The second kappa shape index (κ2) is 11.4. The van der Waals surface area contributed by atoms with Gasteiger partial charge in [0.2, 0.25) is 5.13 Å². The van der Waals surface area contributed by atoms with Gasteiger partial charge in [-0.3, -0.25) is 5.43 Å². The van der Waals surface area contributed by atoms with Gasteiger partial charge in [0, 0.05) is 16.0 Å². The van der Waals surface area contributed by atoms with Crippen LogP contribution in [-0.4, -0.2) is 23.8 Å². The van der Waals surface area contributed by atoms with Gasteiger partial charge in [0.25, 0.3) is 0 Å². The van der Waals surface area contributed by atoms with Gasteiger partial charge < -0.3 is 9.47 Å². The number of esters is 1. The van der Waals surface area contributed by atoms with Crippen molar-refractivity contribution in [2.45, 2.75) is 13.8 Å². The first-order valence-electron chi connectivity index (χ1n) is 10.7. The van der Waals surface area contributed by atoms with Gasteiger partial charge in [-0.1, -0.05) is 41.4 Å². The largest absolute Gasteiger partial charge is 0.490 e. The molecule has 0 aliphatic heterocycles. The van der Waals surface area contributed by atoms with Crippen LogP contribution in [0, 0.1) is 6.92 Å². The van der Waals surface area contributed by atoms with Crippen LogP contribution >= 0.6 is 34.5 Å². The lowest BCUT2D eigenvalue weighted by Gasteiger charge is -2.12. The predicted octanol–water partition coefficient (Wildman–Crippen LogP) is 7.49. The summed E-state index contributed by atoms with van der Waals surface area (Å²) in [7, 11) is 0. The molecule has 4 aromatic rings. The maximum absolute atomic E-state index is 12.6. The zero-order chi connectivity index (χ0) is 24.8. The molecule has 0 aliphatic rings. The van der Waals surface area contributed by atoms with Gasteiger partial charge in [-0.25, -0.2) is 9.78 Å². The lowest BCUT2D eigenvalue weighted by Crippen LogP contribution is -2.11. The van der Waals surface area contributed by atoms with Crippen molar-refractivity contribution < 1.29 is 14.3 Å². The van der Waals surface area contributed by atoms with E-state index in [0.717, 1.165) is 22.4 Å². The highest BCUT2D eigenvalue weighted by Gasteiger charge is 2.15. The van der Waals surface area contributed by atoms with E-state index < -0.39 is 5.97 Å². The topological polar surface area (TPSA) is 72.8 Å². The van der Waals surface area contributed by atoms with Gasteiger partial charge in [0.05, 0.1) is 29.1 Å². The van der Waals surface area contributed by atoms with E-state index in [1.807, 2.05) is 37.4 Å².